The van der Waals surface area contributed by atoms with Gasteiger partial charge in [-0.2, -0.15) is 0 Å². The molecule has 152 valence electrons. The van der Waals surface area contributed by atoms with E-state index in [4.69, 9.17) is 9.47 Å². The zero-order valence-electron chi connectivity index (χ0n) is 16.7. The first-order valence-electron chi connectivity index (χ1n) is 9.38. The third kappa shape index (κ3) is 5.47. The Morgan fingerprint density at radius 2 is 1.64 bits per heavy atom. The van der Waals surface area contributed by atoms with Crippen molar-refractivity contribution in [1.29, 1.82) is 0 Å². The standard InChI is InChI=1S/C22H28N2O3.ClH/c1-16-12-17(2)14-20(13-16)27-19-6-4-18(5-7-19)24-21(25)22(15-26-3)8-10-23-11-9-22;/h4-7,12-14,23H,8-11,15H2,1-3H3,(H,24,25);1H. The summed E-state index contributed by atoms with van der Waals surface area (Å²) in [4.78, 5) is 12.9. The topological polar surface area (TPSA) is 59.6 Å². The van der Waals surface area contributed by atoms with Crippen LogP contribution < -0.4 is 15.4 Å². The van der Waals surface area contributed by atoms with Gasteiger partial charge in [0.15, 0.2) is 0 Å². The number of aryl methyl sites for hydroxylation is 2. The van der Waals surface area contributed by atoms with Gasteiger partial charge in [-0.05, 0) is 87.3 Å². The molecule has 2 N–H and O–H groups in total. The van der Waals surface area contributed by atoms with Gasteiger partial charge in [0.1, 0.15) is 11.5 Å². The molecule has 0 aliphatic carbocycles. The number of halogens is 1. The summed E-state index contributed by atoms with van der Waals surface area (Å²) in [6.07, 6.45) is 1.56. The first-order valence-corrected chi connectivity index (χ1v) is 9.38. The van der Waals surface area contributed by atoms with Gasteiger partial charge in [0.2, 0.25) is 5.91 Å². The highest BCUT2D eigenvalue weighted by Gasteiger charge is 2.39. The highest BCUT2D eigenvalue weighted by Crippen LogP contribution is 2.31. The molecule has 0 radical (unpaired) electrons. The van der Waals surface area contributed by atoms with Crippen molar-refractivity contribution in [2.24, 2.45) is 5.41 Å². The number of carbonyl (C=O) groups is 1. The maximum Gasteiger partial charge on any atom is 0.233 e. The molecule has 0 spiro atoms. The van der Waals surface area contributed by atoms with Crippen LogP contribution in [-0.2, 0) is 9.53 Å². The highest BCUT2D eigenvalue weighted by atomic mass is 35.5. The van der Waals surface area contributed by atoms with Crippen molar-refractivity contribution < 1.29 is 14.3 Å². The number of methoxy groups -OCH3 is 1. The SMILES string of the molecule is COCC1(C(=O)Nc2ccc(Oc3cc(C)cc(C)c3)cc2)CCNCC1.Cl. The minimum atomic E-state index is -0.464. The van der Waals surface area contributed by atoms with Crippen LogP contribution >= 0.6 is 12.4 Å². The van der Waals surface area contributed by atoms with Crippen LogP contribution in [-0.4, -0.2) is 32.7 Å². The molecule has 0 saturated carbocycles. The van der Waals surface area contributed by atoms with Crippen molar-refractivity contribution >= 4 is 24.0 Å². The van der Waals surface area contributed by atoms with E-state index in [1.54, 1.807) is 7.11 Å². The van der Waals surface area contributed by atoms with E-state index in [0.717, 1.165) is 43.1 Å². The van der Waals surface area contributed by atoms with Crippen LogP contribution in [0.1, 0.15) is 24.0 Å². The number of piperidine rings is 1. The van der Waals surface area contributed by atoms with Crippen LogP contribution in [0, 0.1) is 19.3 Å². The number of nitrogens with one attached hydrogen (secondary N) is 2. The van der Waals surface area contributed by atoms with Gasteiger partial charge in [-0.25, -0.2) is 0 Å². The number of hydrogen-bond acceptors (Lipinski definition) is 4. The second-order valence-corrected chi connectivity index (χ2v) is 7.37. The maximum absolute atomic E-state index is 12.9. The lowest BCUT2D eigenvalue weighted by molar-refractivity contribution is -0.130. The van der Waals surface area contributed by atoms with Gasteiger partial charge in [-0.1, -0.05) is 6.07 Å². The predicted octanol–water partition coefficient (Wildman–Crippen LogP) is 4.47. The molecule has 1 aliphatic heterocycles. The fourth-order valence-electron chi connectivity index (χ4n) is 3.62. The molecule has 0 unspecified atom stereocenters. The van der Waals surface area contributed by atoms with Crippen molar-refractivity contribution in [3.05, 3.63) is 53.6 Å². The summed E-state index contributed by atoms with van der Waals surface area (Å²) >= 11 is 0. The minimum Gasteiger partial charge on any atom is -0.457 e. The van der Waals surface area contributed by atoms with Crippen molar-refractivity contribution in [2.45, 2.75) is 26.7 Å². The Balaban J connectivity index is 0.00000280. The van der Waals surface area contributed by atoms with Crippen molar-refractivity contribution in [2.75, 3.05) is 32.1 Å². The van der Waals surface area contributed by atoms with E-state index in [9.17, 15) is 4.79 Å². The van der Waals surface area contributed by atoms with E-state index in [1.807, 2.05) is 36.4 Å². The Bertz CT molecular complexity index is 761. The van der Waals surface area contributed by atoms with Gasteiger partial charge in [0, 0.05) is 12.8 Å². The number of rotatable bonds is 6. The summed E-state index contributed by atoms with van der Waals surface area (Å²) in [5.74, 6) is 1.58. The third-order valence-corrected chi connectivity index (χ3v) is 5.01. The van der Waals surface area contributed by atoms with Crippen molar-refractivity contribution in [3.8, 4) is 11.5 Å². The molecule has 0 bridgehead atoms. The van der Waals surface area contributed by atoms with E-state index in [-0.39, 0.29) is 18.3 Å². The Morgan fingerprint density at radius 3 is 2.21 bits per heavy atom. The average Bonchev–Trinajstić information content (AvgIpc) is 2.63. The second kappa shape index (κ2) is 9.92. The van der Waals surface area contributed by atoms with Crippen molar-refractivity contribution in [1.82, 2.24) is 5.32 Å². The summed E-state index contributed by atoms with van der Waals surface area (Å²) in [6.45, 7) is 6.21. The van der Waals surface area contributed by atoms with Gasteiger partial charge in [-0.3, -0.25) is 4.79 Å². The lowest BCUT2D eigenvalue weighted by atomic mass is 9.78. The normalized spacial score (nSPS) is 15.4. The van der Waals surface area contributed by atoms with E-state index < -0.39 is 5.41 Å². The van der Waals surface area contributed by atoms with Gasteiger partial charge >= 0.3 is 0 Å². The molecule has 1 amide bonds. The number of carbonyl (C=O) groups excluding carboxylic acids is 1. The lowest BCUT2D eigenvalue weighted by Gasteiger charge is -2.35. The predicted molar refractivity (Wildman–Crippen MR) is 115 cm³/mol. The molecule has 2 aromatic carbocycles. The van der Waals surface area contributed by atoms with E-state index in [0.29, 0.717) is 6.61 Å². The van der Waals surface area contributed by atoms with Crippen molar-refractivity contribution in [3.63, 3.8) is 0 Å². The lowest BCUT2D eigenvalue weighted by Crippen LogP contribution is -2.47. The molecule has 0 aromatic heterocycles. The Kier molecular flexibility index (Phi) is 7.87. The number of ether oxygens (including phenoxy) is 2. The Morgan fingerprint density at radius 1 is 1.04 bits per heavy atom. The maximum atomic E-state index is 12.9. The van der Waals surface area contributed by atoms with Gasteiger partial charge in [-0.15, -0.1) is 12.4 Å². The minimum absolute atomic E-state index is 0. The monoisotopic (exact) mass is 404 g/mol. The second-order valence-electron chi connectivity index (χ2n) is 7.37. The highest BCUT2D eigenvalue weighted by molar-refractivity contribution is 5.95. The number of anilines is 1. The molecular weight excluding hydrogens is 376 g/mol. The first-order chi connectivity index (χ1) is 13.0. The smallest absolute Gasteiger partial charge is 0.233 e. The Hall–Kier alpha value is -2.08. The van der Waals surface area contributed by atoms with Gasteiger partial charge in [0.05, 0.1) is 12.0 Å². The van der Waals surface area contributed by atoms with Gasteiger partial charge in [0.25, 0.3) is 0 Å². The van der Waals surface area contributed by atoms with E-state index >= 15 is 0 Å². The molecule has 6 heteroatoms. The molecule has 5 nitrogen and oxygen atoms in total. The first kappa shape index (κ1) is 22.2. The summed E-state index contributed by atoms with van der Waals surface area (Å²) in [5.41, 5.74) is 2.63. The van der Waals surface area contributed by atoms with Crippen LogP contribution in [0.3, 0.4) is 0 Å². The molecule has 1 aliphatic rings. The summed E-state index contributed by atoms with van der Waals surface area (Å²) in [6, 6.07) is 13.6. The molecule has 3 rings (SSSR count). The van der Waals surface area contributed by atoms with Gasteiger partial charge < -0.3 is 20.1 Å². The molecular formula is C22H29ClN2O3. The van der Waals surface area contributed by atoms with Crippen LogP contribution in [0.5, 0.6) is 11.5 Å². The van der Waals surface area contributed by atoms with E-state index in [2.05, 4.69) is 30.5 Å². The third-order valence-electron chi connectivity index (χ3n) is 5.01. The quantitative estimate of drug-likeness (QED) is 0.745. The molecule has 2 aromatic rings. The molecule has 28 heavy (non-hydrogen) atoms. The average molecular weight is 405 g/mol. The largest absolute Gasteiger partial charge is 0.457 e. The van der Waals surface area contributed by atoms with E-state index in [1.165, 1.54) is 11.1 Å². The number of amides is 1. The molecule has 1 fully saturated rings. The van der Waals surface area contributed by atoms with Crippen LogP contribution in [0.15, 0.2) is 42.5 Å². The summed E-state index contributed by atoms with van der Waals surface area (Å²) in [7, 11) is 1.65. The summed E-state index contributed by atoms with van der Waals surface area (Å²) < 4.78 is 11.3. The molecule has 0 atom stereocenters. The van der Waals surface area contributed by atoms with Crippen LogP contribution in [0.4, 0.5) is 5.69 Å². The zero-order valence-corrected chi connectivity index (χ0v) is 17.5. The molecule has 1 saturated heterocycles. The van der Waals surface area contributed by atoms with Crippen LogP contribution in [0.25, 0.3) is 0 Å². The number of benzene rings is 2. The fourth-order valence-corrected chi connectivity index (χ4v) is 3.62. The molecule has 1 heterocycles. The fraction of sp³-hybridized carbons (Fsp3) is 0.409. The zero-order chi connectivity index (χ0) is 19.3. The Labute approximate surface area is 173 Å². The summed E-state index contributed by atoms with van der Waals surface area (Å²) in [5, 5.41) is 6.35. The number of hydrogen-bond donors (Lipinski definition) is 2. The van der Waals surface area contributed by atoms with Crippen LogP contribution in [0.2, 0.25) is 0 Å².